The minimum Gasteiger partial charge on any atom is -0.478 e. The van der Waals surface area contributed by atoms with Crippen LogP contribution in [0.3, 0.4) is 0 Å². The maximum absolute atomic E-state index is 11.9. The number of rotatable bonds is 6. The molecule has 0 radical (unpaired) electrons. The Labute approximate surface area is 227 Å². The first kappa shape index (κ1) is 24.8. The van der Waals surface area contributed by atoms with E-state index >= 15 is 0 Å². The van der Waals surface area contributed by atoms with Crippen LogP contribution in [-0.4, -0.2) is 32.4 Å². The zero-order valence-corrected chi connectivity index (χ0v) is 22.2. The van der Waals surface area contributed by atoms with Gasteiger partial charge in [-0.3, -0.25) is 0 Å². The second kappa shape index (κ2) is 9.36. The lowest BCUT2D eigenvalue weighted by Crippen LogP contribution is -2.44. The van der Waals surface area contributed by atoms with E-state index in [2.05, 4.69) is 5.16 Å². The number of hydrogen-bond donors (Lipinski definition) is 2. The summed E-state index contributed by atoms with van der Waals surface area (Å²) in [7, 11) is 0. The van der Waals surface area contributed by atoms with Gasteiger partial charge < -0.3 is 19.5 Å². The number of ether oxygens (including phenoxy) is 1. The fourth-order valence-corrected chi connectivity index (χ4v) is 7.73. The van der Waals surface area contributed by atoms with Crippen molar-refractivity contribution in [2.75, 3.05) is 0 Å². The van der Waals surface area contributed by atoms with E-state index in [0.29, 0.717) is 57.0 Å². The number of aryl methyl sites for hydroxylation is 1. The molecule has 4 aromatic rings. The van der Waals surface area contributed by atoms with Crippen LogP contribution in [0, 0.1) is 18.8 Å². The zero-order chi connectivity index (χ0) is 25.9. The molecule has 4 atom stereocenters. The predicted octanol–water partition coefficient (Wildman–Crippen LogP) is 6.86. The Morgan fingerprint density at radius 3 is 2.57 bits per heavy atom. The smallest absolute Gasteiger partial charge is 0.335 e. The molecule has 2 saturated carbocycles. The van der Waals surface area contributed by atoms with E-state index in [1.807, 2.05) is 6.92 Å². The number of nitrogens with zero attached hydrogens (tertiary/aromatic N) is 2. The Morgan fingerprint density at radius 2 is 1.89 bits per heavy atom. The van der Waals surface area contributed by atoms with Crippen LogP contribution in [-0.2, 0) is 16.9 Å². The summed E-state index contributed by atoms with van der Waals surface area (Å²) in [6.07, 6.45) is 3.16. The molecule has 2 aliphatic rings. The highest BCUT2D eigenvalue weighted by atomic mass is 35.5. The van der Waals surface area contributed by atoms with Crippen molar-refractivity contribution in [3.63, 3.8) is 0 Å². The quantitative estimate of drug-likeness (QED) is 0.266. The number of aromatic nitrogens is 2. The van der Waals surface area contributed by atoms with Crippen molar-refractivity contribution in [2.24, 2.45) is 11.8 Å². The second-order valence-electron chi connectivity index (χ2n) is 9.87. The average molecular weight is 559 g/mol. The molecule has 0 aliphatic heterocycles. The van der Waals surface area contributed by atoms with Crippen molar-refractivity contribution in [1.82, 2.24) is 10.1 Å². The number of thiazole rings is 1. The second-order valence-corrected chi connectivity index (χ2v) is 11.7. The highest BCUT2D eigenvalue weighted by molar-refractivity contribution is 7.18. The molecule has 2 heterocycles. The van der Waals surface area contributed by atoms with Gasteiger partial charge in [0.1, 0.15) is 22.1 Å². The Morgan fingerprint density at radius 1 is 1.19 bits per heavy atom. The number of aliphatic hydroxyl groups is 1. The van der Waals surface area contributed by atoms with E-state index < -0.39 is 11.6 Å². The number of carbonyl (C=O) groups is 1. The molecule has 2 fully saturated rings. The summed E-state index contributed by atoms with van der Waals surface area (Å²) >= 11 is 14.2. The van der Waals surface area contributed by atoms with Crippen LogP contribution in [0.2, 0.25) is 10.0 Å². The molecular formula is C27H24Cl2N2O5S. The van der Waals surface area contributed by atoms with Crippen molar-refractivity contribution in [3.8, 4) is 11.3 Å². The third-order valence-electron chi connectivity index (χ3n) is 7.83. The largest absolute Gasteiger partial charge is 0.478 e. The molecule has 0 unspecified atom stereocenters. The Balaban J connectivity index is 1.21. The van der Waals surface area contributed by atoms with Crippen molar-refractivity contribution in [2.45, 2.75) is 50.9 Å². The fourth-order valence-electron chi connectivity index (χ4n) is 5.90. The monoisotopic (exact) mass is 558 g/mol. The first-order chi connectivity index (χ1) is 17.8. The van der Waals surface area contributed by atoms with Crippen LogP contribution in [0.1, 0.15) is 52.4 Å². The topological polar surface area (TPSA) is 106 Å². The van der Waals surface area contributed by atoms with Crippen LogP contribution >= 0.6 is 34.5 Å². The van der Waals surface area contributed by atoms with Gasteiger partial charge in [0, 0.05) is 11.1 Å². The molecule has 192 valence electrons. The summed E-state index contributed by atoms with van der Waals surface area (Å²) in [5, 5.41) is 27.1. The molecular weight excluding hydrogens is 535 g/mol. The minimum atomic E-state index is -1.03. The van der Waals surface area contributed by atoms with Gasteiger partial charge in [0.15, 0.2) is 0 Å². The van der Waals surface area contributed by atoms with E-state index in [4.69, 9.17) is 37.4 Å². The SMILES string of the molecule is Cc1onc(-c2c(Cl)cccc2Cl)c1CO[C@@H]1C[C@H]2CC[C@@H](C1)[C@@]2(O)c1nc2ccc(C(=O)O)cc2s1. The summed E-state index contributed by atoms with van der Waals surface area (Å²) in [5.41, 5.74) is 1.92. The fraction of sp³-hybridized carbons (Fsp3) is 0.370. The highest BCUT2D eigenvalue weighted by Crippen LogP contribution is 2.56. The third-order valence-corrected chi connectivity index (χ3v) is 9.62. The van der Waals surface area contributed by atoms with E-state index in [1.54, 1.807) is 36.4 Å². The number of aromatic carboxylic acids is 1. The molecule has 2 aromatic heterocycles. The number of benzene rings is 2. The van der Waals surface area contributed by atoms with Crippen molar-refractivity contribution in [1.29, 1.82) is 0 Å². The van der Waals surface area contributed by atoms with Crippen LogP contribution < -0.4 is 0 Å². The molecule has 6 rings (SSSR count). The average Bonchev–Trinajstić information content (AvgIpc) is 3.49. The maximum Gasteiger partial charge on any atom is 0.335 e. The highest BCUT2D eigenvalue weighted by Gasteiger charge is 2.56. The van der Waals surface area contributed by atoms with Crippen LogP contribution in [0.5, 0.6) is 0 Å². The van der Waals surface area contributed by atoms with Gasteiger partial charge in [-0.25, -0.2) is 9.78 Å². The summed E-state index contributed by atoms with van der Waals surface area (Å²) in [4.78, 5) is 16.1. The maximum atomic E-state index is 11.9. The molecule has 0 amide bonds. The van der Waals surface area contributed by atoms with Crippen LogP contribution in [0.15, 0.2) is 40.9 Å². The first-order valence-electron chi connectivity index (χ1n) is 12.1. The lowest BCUT2D eigenvalue weighted by Gasteiger charge is -2.41. The standard InChI is InChI=1S/C27H24Cl2N2O5S/c1-13-18(24(31-36-13)23-19(28)3-2-4-20(23)29)12-35-17-10-15-6-7-16(11-17)27(15,34)26-30-21-8-5-14(25(32)33)9-22(21)37-26/h2-5,8-9,15-17,34H,6-7,10-12H2,1H3,(H,32,33)/t15-,16+,17-,27-. The lowest BCUT2D eigenvalue weighted by molar-refractivity contribution is -0.116. The summed E-state index contributed by atoms with van der Waals surface area (Å²) in [6.45, 7) is 2.14. The van der Waals surface area contributed by atoms with Crippen molar-refractivity contribution < 1.29 is 24.3 Å². The van der Waals surface area contributed by atoms with E-state index in [9.17, 15) is 15.0 Å². The van der Waals surface area contributed by atoms with Gasteiger partial charge in [0.05, 0.1) is 38.5 Å². The predicted molar refractivity (Wildman–Crippen MR) is 141 cm³/mol. The summed E-state index contributed by atoms with van der Waals surface area (Å²) in [5.74, 6) is -0.304. The number of fused-ring (bicyclic) bond motifs is 3. The van der Waals surface area contributed by atoms with Gasteiger partial charge in [-0.1, -0.05) is 34.4 Å². The van der Waals surface area contributed by atoms with E-state index in [0.717, 1.165) is 23.1 Å². The van der Waals surface area contributed by atoms with Gasteiger partial charge >= 0.3 is 5.97 Å². The van der Waals surface area contributed by atoms with Gasteiger partial charge in [-0.15, -0.1) is 11.3 Å². The molecule has 37 heavy (non-hydrogen) atoms. The molecule has 10 heteroatoms. The van der Waals surface area contributed by atoms with Crippen molar-refractivity contribution in [3.05, 3.63) is 68.3 Å². The van der Waals surface area contributed by atoms with Gasteiger partial charge in [-0.05, 0) is 74.8 Å². The molecule has 2 N–H and O–H groups in total. The Bertz CT molecular complexity index is 1480. The number of carboxylic acids is 1. The molecule has 2 aliphatic carbocycles. The third kappa shape index (κ3) is 4.15. The number of halogens is 2. The lowest BCUT2D eigenvalue weighted by atomic mass is 9.73. The summed E-state index contributed by atoms with van der Waals surface area (Å²) in [6, 6.07) is 10.2. The molecule has 2 bridgehead atoms. The van der Waals surface area contributed by atoms with Crippen LogP contribution in [0.4, 0.5) is 0 Å². The minimum absolute atomic E-state index is 0.0109. The van der Waals surface area contributed by atoms with E-state index in [-0.39, 0.29) is 23.5 Å². The number of hydrogen-bond acceptors (Lipinski definition) is 7. The number of carboxylic acid groups (broad SMARTS) is 1. The zero-order valence-electron chi connectivity index (χ0n) is 19.9. The molecule has 0 saturated heterocycles. The Kier molecular flexibility index (Phi) is 6.28. The van der Waals surface area contributed by atoms with Gasteiger partial charge in [-0.2, -0.15) is 0 Å². The van der Waals surface area contributed by atoms with E-state index in [1.165, 1.54) is 11.3 Å². The van der Waals surface area contributed by atoms with Gasteiger partial charge in [0.25, 0.3) is 0 Å². The first-order valence-corrected chi connectivity index (χ1v) is 13.7. The van der Waals surface area contributed by atoms with Crippen molar-refractivity contribution >= 4 is 50.7 Å². The van der Waals surface area contributed by atoms with Crippen LogP contribution in [0.25, 0.3) is 21.5 Å². The molecule has 2 aromatic carbocycles. The Hall–Kier alpha value is -2.49. The van der Waals surface area contributed by atoms with Gasteiger partial charge in [0.2, 0.25) is 0 Å². The summed E-state index contributed by atoms with van der Waals surface area (Å²) < 4.78 is 12.6. The molecule has 0 spiro atoms. The normalized spacial score (nSPS) is 25.1. The molecule has 7 nitrogen and oxygen atoms in total.